The van der Waals surface area contributed by atoms with Gasteiger partial charge in [-0.1, -0.05) is 461 Å². The van der Waals surface area contributed by atoms with Crippen LogP contribution in [-0.2, 0) is 0 Å². The SMILES string of the molecule is c1ccc([Si](c2ccccc2)(c2ccccc2)c2ccc([Si](c3ccc([Si](c4ccccc4)(c4ccccc4)c4ccccc4)cc3)(c3ccc([Si](c4ccccc4)(c4ccccc4)c4ccccc4)cc3)c3ccc([Si](c4ccccc4)(c4ccccc4)c4ccccc4)cc3)cc2)cc1. The molecule has 0 N–H and O–H groups in total. The first-order valence-corrected chi connectivity index (χ1v) is 45.2. The molecule has 0 spiro atoms. The molecular weight excluding hydrogens is 1290 g/mol. The minimum Gasteiger partial charge on any atom is -0.0623 e. The van der Waals surface area contributed by atoms with E-state index >= 15 is 0 Å². The second-order valence-electron chi connectivity index (χ2n) is 26.5. The van der Waals surface area contributed by atoms with E-state index in [2.05, 4.69) is 461 Å². The first-order chi connectivity index (χ1) is 50.1. The summed E-state index contributed by atoms with van der Waals surface area (Å²) in [6.45, 7) is 0. The van der Waals surface area contributed by atoms with Gasteiger partial charge in [0.05, 0.1) is 0 Å². The topological polar surface area (TPSA) is 0 Å². The van der Waals surface area contributed by atoms with E-state index in [9.17, 15) is 0 Å². The molecule has 0 bridgehead atoms. The Balaban J connectivity index is 1.01. The van der Waals surface area contributed by atoms with Crippen molar-refractivity contribution < 1.29 is 0 Å². The van der Waals surface area contributed by atoms with Crippen molar-refractivity contribution in [1.82, 2.24) is 0 Å². The number of rotatable bonds is 20. The molecule has 0 saturated carbocycles. The summed E-state index contributed by atoms with van der Waals surface area (Å²) in [6, 6.07) is 177. The molecule has 16 aromatic rings. The fraction of sp³-hybridized carbons (Fsp3) is 0. The highest BCUT2D eigenvalue weighted by molar-refractivity contribution is 7.23. The maximum Gasteiger partial charge on any atom is 0.179 e. The van der Waals surface area contributed by atoms with Crippen molar-refractivity contribution in [2.24, 2.45) is 0 Å². The second kappa shape index (κ2) is 28.4. The largest absolute Gasteiger partial charge is 0.179 e. The molecule has 16 aromatic carbocycles. The molecule has 0 radical (unpaired) electrons. The predicted molar refractivity (Wildman–Crippen MR) is 445 cm³/mol. The fourth-order valence-electron chi connectivity index (χ4n) is 17.1. The van der Waals surface area contributed by atoms with E-state index in [1.54, 1.807) is 0 Å². The molecule has 0 atom stereocenters. The molecule has 480 valence electrons. The lowest BCUT2D eigenvalue weighted by molar-refractivity contribution is 1.65. The molecule has 0 aliphatic rings. The quantitative estimate of drug-likeness (QED) is 0.0531. The lowest BCUT2D eigenvalue weighted by Crippen LogP contribution is -2.78. The smallest absolute Gasteiger partial charge is 0.0623 e. The molecule has 0 aromatic heterocycles. The predicted octanol–water partition coefficient (Wildman–Crippen LogP) is 8.57. The Morgan fingerprint density at radius 2 is 0.129 bits per heavy atom. The van der Waals surface area contributed by atoms with Crippen molar-refractivity contribution in [2.75, 3.05) is 0 Å². The highest BCUT2D eigenvalue weighted by Gasteiger charge is 2.49. The summed E-state index contributed by atoms with van der Waals surface area (Å²) in [4.78, 5) is 0. The first kappa shape index (κ1) is 64.3. The van der Waals surface area contributed by atoms with E-state index in [4.69, 9.17) is 0 Å². The van der Waals surface area contributed by atoms with Crippen LogP contribution in [0.15, 0.2) is 461 Å². The van der Waals surface area contributed by atoms with E-state index in [1.165, 1.54) is 104 Å². The Kier molecular flexibility index (Phi) is 18.1. The average molecular weight is 1370 g/mol. The van der Waals surface area contributed by atoms with Gasteiger partial charge < -0.3 is 0 Å². The van der Waals surface area contributed by atoms with E-state index < -0.39 is 40.4 Å². The third-order valence-electron chi connectivity index (χ3n) is 21.5. The molecule has 101 heavy (non-hydrogen) atoms. The summed E-state index contributed by atoms with van der Waals surface area (Å²) in [7, 11) is -15.4. The molecule has 0 saturated heterocycles. The molecule has 16 rings (SSSR count). The maximum absolute atomic E-state index is 3.52. The number of hydrogen-bond acceptors (Lipinski definition) is 0. The lowest BCUT2D eigenvalue weighted by atomic mass is 10.3. The van der Waals surface area contributed by atoms with Gasteiger partial charge in [-0.05, 0) is 104 Å². The van der Waals surface area contributed by atoms with Gasteiger partial charge in [-0.25, -0.2) is 0 Å². The molecule has 0 nitrogen and oxygen atoms in total. The highest BCUT2D eigenvalue weighted by Crippen LogP contribution is 2.19. The Hall–Kier alpha value is -11.4. The van der Waals surface area contributed by atoms with Crippen molar-refractivity contribution in [2.45, 2.75) is 0 Å². The minimum atomic E-state index is -3.52. The summed E-state index contributed by atoms with van der Waals surface area (Å²) in [5, 5.41) is 26.8. The van der Waals surface area contributed by atoms with Gasteiger partial charge in [-0.2, -0.15) is 0 Å². The molecular formula is C96H76Si5. The van der Waals surface area contributed by atoms with Crippen molar-refractivity contribution in [3.63, 3.8) is 0 Å². The van der Waals surface area contributed by atoms with Gasteiger partial charge in [0.25, 0.3) is 0 Å². The normalized spacial score (nSPS) is 12.0. The summed E-state index contributed by atoms with van der Waals surface area (Å²) in [5.74, 6) is 0. The third-order valence-corrected chi connectivity index (χ3v) is 45.5. The molecule has 0 amide bonds. The van der Waals surface area contributed by atoms with Crippen LogP contribution in [-0.4, -0.2) is 40.4 Å². The minimum absolute atomic E-state index is 1.32. The summed E-state index contributed by atoms with van der Waals surface area (Å²) >= 11 is 0. The van der Waals surface area contributed by atoms with Gasteiger partial charge in [0.15, 0.2) is 40.4 Å². The lowest BCUT2D eigenvalue weighted by Gasteiger charge is -2.39. The van der Waals surface area contributed by atoms with Crippen LogP contribution in [0, 0.1) is 0 Å². The van der Waals surface area contributed by atoms with Gasteiger partial charge in [0, 0.05) is 0 Å². The third kappa shape index (κ3) is 11.1. The van der Waals surface area contributed by atoms with Crippen molar-refractivity contribution in [1.29, 1.82) is 0 Å². The van der Waals surface area contributed by atoms with E-state index in [0.717, 1.165) is 0 Å². The molecule has 0 heterocycles. The van der Waals surface area contributed by atoms with Crippen LogP contribution in [0.2, 0.25) is 0 Å². The highest BCUT2D eigenvalue weighted by atomic mass is 28.3. The summed E-state index contributed by atoms with van der Waals surface area (Å²) in [5.41, 5.74) is 0. The average Bonchev–Trinajstić information content (AvgIpc) is 0.721. The molecule has 5 heteroatoms. The Bertz CT molecular complexity index is 4230. The van der Waals surface area contributed by atoms with Crippen LogP contribution >= 0.6 is 0 Å². The standard InChI is InChI=1S/C96H76Si5/c1-13-37-77(38-14-1)97(78-39-15-2-16-40-78,79-41-17-3-18-42-79)89-61-69-93(70-62-89)101(94-71-63-90(64-72-94)98(80-43-19-4-20-44-80,81-45-21-5-22-46-81)82-47-23-6-24-48-82,95-73-65-91(66-74-95)99(83-49-25-7-26-50-83,84-51-27-8-28-52-84)85-53-29-9-30-54-85)96-75-67-92(68-76-96)100(86-55-31-10-32-56-86,87-57-33-11-34-58-87)88-59-35-12-36-60-88/h1-76H. The Morgan fingerprint density at radius 3 is 0.198 bits per heavy atom. The Labute approximate surface area is 600 Å². The first-order valence-electron chi connectivity index (χ1n) is 35.2. The van der Waals surface area contributed by atoms with E-state index in [0.29, 0.717) is 0 Å². The van der Waals surface area contributed by atoms with Crippen molar-refractivity contribution in [3.05, 3.63) is 461 Å². The van der Waals surface area contributed by atoms with Crippen LogP contribution < -0.4 is 104 Å². The second-order valence-corrected chi connectivity index (χ2v) is 45.5. The van der Waals surface area contributed by atoms with Crippen LogP contribution in [0.4, 0.5) is 0 Å². The van der Waals surface area contributed by atoms with Crippen LogP contribution in [0.25, 0.3) is 0 Å². The molecule has 0 aliphatic carbocycles. The van der Waals surface area contributed by atoms with Crippen LogP contribution in [0.3, 0.4) is 0 Å². The van der Waals surface area contributed by atoms with E-state index in [1.807, 2.05) is 0 Å². The summed E-state index contributed by atoms with van der Waals surface area (Å²) < 4.78 is 0. The van der Waals surface area contributed by atoms with Gasteiger partial charge in [-0.15, -0.1) is 0 Å². The zero-order valence-corrected chi connectivity index (χ0v) is 61.4. The van der Waals surface area contributed by atoms with Crippen molar-refractivity contribution in [3.8, 4) is 0 Å². The zero-order valence-electron chi connectivity index (χ0n) is 56.4. The molecule has 0 unspecified atom stereocenters. The van der Waals surface area contributed by atoms with Crippen LogP contribution in [0.5, 0.6) is 0 Å². The molecule has 0 aliphatic heterocycles. The van der Waals surface area contributed by atoms with E-state index in [-0.39, 0.29) is 0 Å². The zero-order chi connectivity index (χ0) is 67.8. The van der Waals surface area contributed by atoms with Crippen LogP contribution in [0.1, 0.15) is 0 Å². The fourth-order valence-corrected chi connectivity index (χ4v) is 40.8. The van der Waals surface area contributed by atoms with Gasteiger partial charge in [0.2, 0.25) is 0 Å². The monoisotopic (exact) mass is 1370 g/mol. The summed E-state index contributed by atoms with van der Waals surface area (Å²) in [6.07, 6.45) is 0. The Morgan fingerprint density at radius 1 is 0.0693 bits per heavy atom. The van der Waals surface area contributed by atoms with Gasteiger partial charge >= 0.3 is 0 Å². The number of benzene rings is 16. The number of hydrogen-bond donors (Lipinski definition) is 0. The van der Waals surface area contributed by atoms with Crippen molar-refractivity contribution >= 4 is 144 Å². The maximum atomic E-state index is 2.57. The van der Waals surface area contributed by atoms with Gasteiger partial charge in [-0.3, -0.25) is 0 Å². The van der Waals surface area contributed by atoms with Gasteiger partial charge in [0.1, 0.15) is 0 Å². The molecule has 0 fully saturated rings.